The Morgan fingerprint density at radius 2 is 1.91 bits per heavy atom. The fourth-order valence-electron chi connectivity index (χ4n) is 4.66. The van der Waals surface area contributed by atoms with Gasteiger partial charge in [0.2, 0.25) is 5.91 Å². The molecule has 174 valence electrons. The van der Waals surface area contributed by atoms with Crippen molar-refractivity contribution in [2.45, 2.75) is 83.3 Å². The maximum Gasteiger partial charge on any atom is 0.305 e. The summed E-state index contributed by atoms with van der Waals surface area (Å²) < 4.78 is 4.95. The molecule has 3 rings (SSSR count). The molecule has 0 spiro atoms. The van der Waals surface area contributed by atoms with Crippen molar-refractivity contribution in [2.75, 3.05) is 13.2 Å². The third kappa shape index (κ3) is 7.33. The van der Waals surface area contributed by atoms with E-state index in [0.29, 0.717) is 32.3 Å². The van der Waals surface area contributed by atoms with Crippen molar-refractivity contribution in [3.05, 3.63) is 48.0 Å². The smallest absolute Gasteiger partial charge is 0.305 e. The van der Waals surface area contributed by atoms with Crippen LogP contribution in [0.25, 0.3) is 10.8 Å². The van der Waals surface area contributed by atoms with Gasteiger partial charge in [0.05, 0.1) is 12.7 Å². The van der Waals surface area contributed by atoms with Crippen LogP contribution in [0.15, 0.2) is 42.5 Å². The van der Waals surface area contributed by atoms with E-state index in [1.165, 1.54) is 10.8 Å². The number of rotatable bonds is 13. The fraction of sp³-hybridized carbons (Fsp3) is 0.556. The van der Waals surface area contributed by atoms with Gasteiger partial charge in [0.15, 0.2) is 0 Å². The zero-order valence-electron chi connectivity index (χ0n) is 19.3. The number of aliphatic hydroxyl groups excluding tert-OH is 1. The van der Waals surface area contributed by atoms with Crippen LogP contribution in [0.3, 0.4) is 0 Å². The van der Waals surface area contributed by atoms with Crippen LogP contribution >= 0.6 is 0 Å². The number of ether oxygens (including phenoxy) is 1. The molecular formula is C27H37NO4. The lowest BCUT2D eigenvalue weighted by molar-refractivity contribution is -0.143. The van der Waals surface area contributed by atoms with Gasteiger partial charge in [-0.05, 0) is 61.8 Å². The number of hydrogen-bond acceptors (Lipinski definition) is 4. The summed E-state index contributed by atoms with van der Waals surface area (Å²) >= 11 is 0. The lowest BCUT2D eigenvalue weighted by Crippen LogP contribution is -2.34. The van der Waals surface area contributed by atoms with Crippen LogP contribution in [-0.4, -0.2) is 47.2 Å². The van der Waals surface area contributed by atoms with Gasteiger partial charge in [-0.15, -0.1) is 0 Å². The van der Waals surface area contributed by atoms with Gasteiger partial charge < -0.3 is 14.7 Å². The third-order valence-electron chi connectivity index (χ3n) is 6.41. The van der Waals surface area contributed by atoms with E-state index in [1.807, 2.05) is 24.0 Å². The minimum atomic E-state index is -0.392. The van der Waals surface area contributed by atoms with E-state index in [-0.39, 0.29) is 17.9 Å². The summed E-state index contributed by atoms with van der Waals surface area (Å²) in [5.74, 6) is 0.120. The van der Waals surface area contributed by atoms with Gasteiger partial charge in [0, 0.05) is 25.4 Å². The van der Waals surface area contributed by atoms with E-state index in [4.69, 9.17) is 4.74 Å². The summed E-state index contributed by atoms with van der Waals surface area (Å²) in [6, 6.07) is 14.9. The van der Waals surface area contributed by atoms with Crippen molar-refractivity contribution in [1.29, 1.82) is 0 Å². The van der Waals surface area contributed by atoms with Crippen molar-refractivity contribution < 1.29 is 19.4 Å². The number of carbonyl (C=O) groups is 2. The Morgan fingerprint density at radius 3 is 2.72 bits per heavy atom. The molecule has 1 N–H and O–H groups in total. The Bertz CT molecular complexity index is 881. The number of fused-ring (bicyclic) bond motifs is 1. The van der Waals surface area contributed by atoms with Gasteiger partial charge in [-0.1, -0.05) is 55.3 Å². The molecule has 0 aliphatic carbocycles. The lowest BCUT2D eigenvalue weighted by Gasteiger charge is -2.26. The molecule has 2 aromatic carbocycles. The SMILES string of the molecule is CCOC(=O)CCCCCCN1C(=O)CC[C@@H]1CCC(O)Cc1ccc2ccccc2c1. The number of benzene rings is 2. The third-order valence-corrected chi connectivity index (χ3v) is 6.41. The van der Waals surface area contributed by atoms with Crippen molar-refractivity contribution in [3.8, 4) is 0 Å². The van der Waals surface area contributed by atoms with Gasteiger partial charge in [0.1, 0.15) is 0 Å². The molecule has 1 fully saturated rings. The average Bonchev–Trinajstić information content (AvgIpc) is 3.14. The number of aliphatic hydroxyl groups is 1. The largest absolute Gasteiger partial charge is 0.466 e. The first-order valence-electron chi connectivity index (χ1n) is 12.2. The van der Waals surface area contributed by atoms with Crippen molar-refractivity contribution in [3.63, 3.8) is 0 Å². The number of likely N-dealkylation sites (tertiary alicyclic amines) is 1. The van der Waals surface area contributed by atoms with E-state index >= 15 is 0 Å². The molecule has 0 saturated carbocycles. The maximum absolute atomic E-state index is 12.3. The summed E-state index contributed by atoms with van der Waals surface area (Å²) in [5.41, 5.74) is 1.15. The molecule has 2 atom stereocenters. The van der Waals surface area contributed by atoms with Gasteiger partial charge >= 0.3 is 5.97 Å². The summed E-state index contributed by atoms with van der Waals surface area (Å²) in [6.07, 6.45) is 7.61. The van der Waals surface area contributed by atoms with E-state index < -0.39 is 6.10 Å². The Hall–Kier alpha value is -2.40. The van der Waals surface area contributed by atoms with Crippen molar-refractivity contribution >= 4 is 22.6 Å². The van der Waals surface area contributed by atoms with Gasteiger partial charge in [-0.2, -0.15) is 0 Å². The maximum atomic E-state index is 12.3. The Morgan fingerprint density at radius 1 is 1.12 bits per heavy atom. The van der Waals surface area contributed by atoms with Gasteiger partial charge in [-0.25, -0.2) is 0 Å². The highest BCUT2D eigenvalue weighted by Crippen LogP contribution is 2.25. The monoisotopic (exact) mass is 439 g/mol. The second-order valence-electron chi connectivity index (χ2n) is 8.87. The number of nitrogens with zero attached hydrogens (tertiary/aromatic N) is 1. The summed E-state index contributed by atoms with van der Waals surface area (Å²) in [4.78, 5) is 25.7. The normalized spacial score (nSPS) is 17.1. The number of esters is 1. The molecule has 1 heterocycles. The predicted octanol–water partition coefficient (Wildman–Crippen LogP) is 5.03. The lowest BCUT2D eigenvalue weighted by atomic mass is 9.98. The zero-order chi connectivity index (χ0) is 22.8. The zero-order valence-corrected chi connectivity index (χ0v) is 19.3. The van der Waals surface area contributed by atoms with E-state index in [9.17, 15) is 14.7 Å². The summed E-state index contributed by atoms with van der Waals surface area (Å²) in [7, 11) is 0. The molecule has 1 aliphatic rings. The van der Waals surface area contributed by atoms with E-state index in [2.05, 4.69) is 30.3 Å². The van der Waals surface area contributed by atoms with Crippen LogP contribution in [0.2, 0.25) is 0 Å². The second-order valence-corrected chi connectivity index (χ2v) is 8.87. The quantitative estimate of drug-likeness (QED) is 0.351. The first-order valence-corrected chi connectivity index (χ1v) is 12.2. The summed E-state index contributed by atoms with van der Waals surface area (Å²) in [5, 5.41) is 13.0. The molecule has 1 saturated heterocycles. The van der Waals surface area contributed by atoms with Crippen molar-refractivity contribution in [1.82, 2.24) is 4.90 Å². The molecular weight excluding hydrogens is 402 g/mol. The van der Waals surface area contributed by atoms with Crippen LogP contribution in [0, 0.1) is 0 Å². The molecule has 5 nitrogen and oxygen atoms in total. The first kappa shape index (κ1) is 24.2. The Kier molecular flexibility index (Phi) is 9.54. The van der Waals surface area contributed by atoms with Crippen molar-refractivity contribution in [2.24, 2.45) is 0 Å². The minimum Gasteiger partial charge on any atom is -0.466 e. The van der Waals surface area contributed by atoms with Crippen LogP contribution in [0.4, 0.5) is 0 Å². The first-order chi connectivity index (χ1) is 15.6. The summed E-state index contributed by atoms with van der Waals surface area (Å²) in [6.45, 7) is 3.04. The molecule has 1 unspecified atom stereocenters. The van der Waals surface area contributed by atoms with Gasteiger partial charge in [-0.3, -0.25) is 9.59 Å². The van der Waals surface area contributed by atoms with E-state index in [0.717, 1.165) is 50.6 Å². The molecule has 0 radical (unpaired) electrons. The molecule has 5 heteroatoms. The molecule has 1 amide bonds. The van der Waals surface area contributed by atoms with E-state index in [1.54, 1.807) is 0 Å². The molecule has 0 aromatic heterocycles. The number of hydrogen-bond donors (Lipinski definition) is 1. The highest BCUT2D eigenvalue weighted by atomic mass is 16.5. The average molecular weight is 440 g/mol. The standard InChI is InChI=1S/C27H37NO4/c1-2-32-27(31)11-5-3-4-8-18-28-24(15-17-26(28)30)14-16-25(29)20-21-12-13-22-9-6-7-10-23(22)19-21/h6-7,9-10,12-13,19,24-25,29H,2-5,8,11,14-18,20H2,1H3/t24-,25?/m0/s1. The number of carbonyl (C=O) groups excluding carboxylic acids is 2. The Balaban J connectivity index is 1.37. The number of amides is 1. The van der Waals surface area contributed by atoms with Crippen LogP contribution < -0.4 is 0 Å². The molecule has 32 heavy (non-hydrogen) atoms. The predicted molar refractivity (Wildman–Crippen MR) is 127 cm³/mol. The van der Waals surface area contributed by atoms with Crippen LogP contribution in [-0.2, 0) is 20.7 Å². The minimum absolute atomic E-state index is 0.121. The molecule has 0 bridgehead atoms. The van der Waals surface area contributed by atoms with Crippen LogP contribution in [0.1, 0.15) is 70.3 Å². The topological polar surface area (TPSA) is 66.8 Å². The fourth-order valence-corrected chi connectivity index (χ4v) is 4.66. The van der Waals surface area contributed by atoms with Gasteiger partial charge in [0.25, 0.3) is 0 Å². The Labute approximate surface area is 191 Å². The van der Waals surface area contributed by atoms with Crippen LogP contribution in [0.5, 0.6) is 0 Å². The molecule has 2 aromatic rings. The molecule has 1 aliphatic heterocycles. The highest BCUT2D eigenvalue weighted by molar-refractivity contribution is 5.83. The highest BCUT2D eigenvalue weighted by Gasteiger charge is 2.30. The second kappa shape index (κ2) is 12.6. The number of unbranched alkanes of at least 4 members (excludes halogenated alkanes) is 3.